The van der Waals surface area contributed by atoms with Gasteiger partial charge in [0.15, 0.2) is 6.23 Å². The standard InChI is InChI=1S/C35H39F2N3O4/c1-5-25(22-11-7-6-8-12-22)32(23-14-17-29-27(19-23)33(37)39-40(29)31-13-9-10-18-42-31)26-16-15-24(20-28(26)36)44-30(35(2,3)4)21-43-34(38)41/h6-8,11-12,14-17,19-20,30-31H,5,9-10,13,18,21H2,1-4H3,(H2,38,41)/b32-25-. The van der Waals surface area contributed by atoms with Gasteiger partial charge in [0, 0.05) is 23.7 Å². The maximum atomic E-state index is 16.2. The van der Waals surface area contributed by atoms with E-state index in [1.54, 1.807) is 22.9 Å². The van der Waals surface area contributed by atoms with Crippen LogP contribution in [0.1, 0.15) is 76.3 Å². The molecule has 5 rings (SSSR count). The van der Waals surface area contributed by atoms with Gasteiger partial charge >= 0.3 is 6.09 Å². The number of nitrogens with zero attached hydrogens (tertiary/aromatic N) is 2. The maximum absolute atomic E-state index is 16.2. The molecule has 1 fully saturated rings. The molecule has 44 heavy (non-hydrogen) atoms. The van der Waals surface area contributed by atoms with Gasteiger partial charge in [0.25, 0.3) is 0 Å². The Kier molecular flexibility index (Phi) is 9.34. The minimum absolute atomic E-state index is 0.0769. The summed E-state index contributed by atoms with van der Waals surface area (Å²) in [4.78, 5) is 11.2. The van der Waals surface area contributed by atoms with Crippen molar-refractivity contribution in [3.05, 3.63) is 95.2 Å². The van der Waals surface area contributed by atoms with Crippen molar-refractivity contribution in [1.82, 2.24) is 9.78 Å². The molecule has 3 aromatic carbocycles. The molecule has 1 saturated heterocycles. The lowest BCUT2D eigenvalue weighted by atomic mass is 9.87. The number of rotatable bonds is 9. The number of fused-ring (bicyclic) bond motifs is 1. The minimum atomic E-state index is -0.905. The molecule has 1 amide bonds. The van der Waals surface area contributed by atoms with Gasteiger partial charge in [-0.2, -0.15) is 4.39 Å². The molecule has 232 valence electrons. The Labute approximate surface area is 256 Å². The van der Waals surface area contributed by atoms with Crippen LogP contribution in [-0.2, 0) is 9.47 Å². The van der Waals surface area contributed by atoms with E-state index in [-0.39, 0.29) is 18.6 Å². The van der Waals surface area contributed by atoms with Gasteiger partial charge in [-0.15, -0.1) is 5.10 Å². The second-order valence-corrected chi connectivity index (χ2v) is 12.1. The first kappa shape index (κ1) is 31.2. The smallest absolute Gasteiger partial charge is 0.404 e. The van der Waals surface area contributed by atoms with E-state index in [2.05, 4.69) is 5.10 Å². The fourth-order valence-electron chi connectivity index (χ4n) is 5.61. The molecule has 0 bridgehead atoms. The van der Waals surface area contributed by atoms with Crippen LogP contribution in [0.3, 0.4) is 0 Å². The Hall–Kier alpha value is -4.24. The van der Waals surface area contributed by atoms with E-state index in [4.69, 9.17) is 19.9 Å². The first-order chi connectivity index (χ1) is 21.1. The zero-order valence-electron chi connectivity index (χ0n) is 25.6. The van der Waals surface area contributed by atoms with Crippen LogP contribution in [0.15, 0.2) is 66.7 Å². The lowest BCUT2D eigenvalue weighted by Crippen LogP contribution is -2.38. The van der Waals surface area contributed by atoms with Gasteiger partial charge in [-0.05, 0) is 72.2 Å². The van der Waals surface area contributed by atoms with Gasteiger partial charge in [-0.1, -0.05) is 64.1 Å². The summed E-state index contributed by atoms with van der Waals surface area (Å²) < 4.78 is 50.1. The largest absolute Gasteiger partial charge is 0.486 e. The quantitative estimate of drug-likeness (QED) is 0.195. The highest BCUT2D eigenvalue weighted by Crippen LogP contribution is 2.39. The molecule has 9 heteroatoms. The Balaban J connectivity index is 1.60. The van der Waals surface area contributed by atoms with Gasteiger partial charge in [-0.25, -0.2) is 13.9 Å². The Morgan fingerprint density at radius 3 is 2.48 bits per heavy atom. The molecular formula is C35H39F2N3O4. The second kappa shape index (κ2) is 13.2. The third-order valence-electron chi connectivity index (χ3n) is 7.99. The van der Waals surface area contributed by atoms with Crippen LogP contribution in [0, 0.1) is 17.2 Å². The van der Waals surface area contributed by atoms with Gasteiger partial charge in [0.2, 0.25) is 5.95 Å². The number of allylic oxidation sites excluding steroid dienone is 1. The van der Waals surface area contributed by atoms with E-state index < -0.39 is 29.4 Å². The first-order valence-electron chi connectivity index (χ1n) is 15.0. The zero-order valence-corrected chi connectivity index (χ0v) is 25.6. The van der Waals surface area contributed by atoms with Crippen molar-refractivity contribution in [3.8, 4) is 5.75 Å². The molecule has 1 aliphatic heterocycles. The Bertz CT molecular complexity index is 1650. The van der Waals surface area contributed by atoms with Crippen molar-refractivity contribution in [3.63, 3.8) is 0 Å². The van der Waals surface area contributed by atoms with E-state index in [0.29, 0.717) is 40.6 Å². The van der Waals surface area contributed by atoms with Gasteiger partial charge < -0.3 is 19.9 Å². The summed E-state index contributed by atoms with van der Waals surface area (Å²) in [7, 11) is 0. The molecule has 1 aromatic heterocycles. The highest BCUT2D eigenvalue weighted by Gasteiger charge is 2.29. The SMILES string of the molecule is CC/C(=C(\c1ccc2c(c1)c(F)nn2C1CCCCO1)c1ccc(OC(COC(N)=O)C(C)(C)C)cc1F)c1ccccc1. The molecule has 2 atom stereocenters. The van der Waals surface area contributed by atoms with Crippen LogP contribution < -0.4 is 10.5 Å². The fourth-order valence-corrected chi connectivity index (χ4v) is 5.61. The lowest BCUT2D eigenvalue weighted by Gasteiger charge is -2.30. The van der Waals surface area contributed by atoms with Crippen LogP contribution in [0.25, 0.3) is 22.0 Å². The summed E-state index contributed by atoms with van der Waals surface area (Å²) in [5.74, 6) is -0.815. The predicted octanol–water partition coefficient (Wildman–Crippen LogP) is 8.27. The van der Waals surface area contributed by atoms with Crippen LogP contribution in [0.4, 0.5) is 13.6 Å². The summed E-state index contributed by atoms with van der Waals surface area (Å²) in [6.07, 6.45) is 1.54. The van der Waals surface area contributed by atoms with Crippen molar-refractivity contribution < 1.29 is 27.8 Å². The lowest BCUT2D eigenvalue weighted by molar-refractivity contribution is -0.0375. The number of aromatic nitrogens is 2. The predicted molar refractivity (Wildman–Crippen MR) is 167 cm³/mol. The number of benzene rings is 3. The molecule has 0 radical (unpaired) electrons. The molecule has 2 unspecified atom stereocenters. The minimum Gasteiger partial charge on any atom is -0.486 e. The molecule has 2 N–H and O–H groups in total. The molecule has 7 nitrogen and oxygen atoms in total. The number of carbonyl (C=O) groups is 1. The van der Waals surface area contributed by atoms with Crippen LogP contribution in [-0.4, -0.2) is 35.2 Å². The topological polar surface area (TPSA) is 88.6 Å². The number of nitrogens with two attached hydrogens (primary N) is 1. The molecule has 0 saturated carbocycles. The van der Waals surface area contributed by atoms with Crippen molar-refractivity contribution >= 4 is 28.1 Å². The molecule has 0 spiro atoms. The summed E-state index contributed by atoms with van der Waals surface area (Å²) in [5, 5.41) is 4.54. The van der Waals surface area contributed by atoms with Gasteiger partial charge in [-0.3, -0.25) is 0 Å². The number of amides is 1. The van der Waals surface area contributed by atoms with Crippen molar-refractivity contribution in [2.75, 3.05) is 13.2 Å². The maximum Gasteiger partial charge on any atom is 0.404 e. The van der Waals surface area contributed by atoms with Crippen LogP contribution in [0.2, 0.25) is 0 Å². The monoisotopic (exact) mass is 603 g/mol. The first-order valence-corrected chi connectivity index (χ1v) is 15.0. The van der Waals surface area contributed by atoms with E-state index in [1.807, 2.05) is 70.2 Å². The number of hydrogen-bond donors (Lipinski definition) is 1. The van der Waals surface area contributed by atoms with E-state index in [9.17, 15) is 4.79 Å². The summed E-state index contributed by atoms with van der Waals surface area (Å²) in [6.45, 7) is 8.34. The highest BCUT2D eigenvalue weighted by atomic mass is 19.1. The van der Waals surface area contributed by atoms with Crippen LogP contribution >= 0.6 is 0 Å². The third-order valence-corrected chi connectivity index (χ3v) is 7.99. The van der Waals surface area contributed by atoms with E-state index >= 15 is 8.78 Å². The molecule has 2 heterocycles. The van der Waals surface area contributed by atoms with Crippen LogP contribution in [0.5, 0.6) is 5.75 Å². The summed E-state index contributed by atoms with van der Waals surface area (Å²) >= 11 is 0. The average Bonchev–Trinajstić information content (AvgIpc) is 3.34. The number of hydrogen-bond acceptors (Lipinski definition) is 5. The third kappa shape index (κ3) is 6.78. The van der Waals surface area contributed by atoms with Crippen molar-refractivity contribution in [1.29, 1.82) is 0 Å². The van der Waals surface area contributed by atoms with Crippen molar-refractivity contribution in [2.24, 2.45) is 11.1 Å². The van der Waals surface area contributed by atoms with Gasteiger partial charge in [0.05, 0.1) is 10.9 Å². The Morgan fingerprint density at radius 1 is 1.07 bits per heavy atom. The summed E-state index contributed by atoms with van der Waals surface area (Å²) in [5.41, 5.74) is 8.87. The number of halogens is 2. The molecule has 4 aromatic rings. The average molecular weight is 604 g/mol. The molecule has 0 aliphatic carbocycles. The number of carbonyl (C=O) groups excluding carboxylic acids is 1. The number of ether oxygens (including phenoxy) is 3. The fraction of sp³-hybridized carbons (Fsp3) is 0.371. The van der Waals surface area contributed by atoms with E-state index in [1.165, 1.54) is 6.07 Å². The molecule has 1 aliphatic rings. The van der Waals surface area contributed by atoms with Crippen molar-refractivity contribution in [2.45, 2.75) is 65.7 Å². The normalized spacial score (nSPS) is 16.8. The molecular weight excluding hydrogens is 564 g/mol. The number of primary amides is 1. The van der Waals surface area contributed by atoms with Gasteiger partial charge in [0.1, 0.15) is 24.3 Å². The summed E-state index contributed by atoms with van der Waals surface area (Å²) in [6, 6.07) is 19.9. The second-order valence-electron chi connectivity index (χ2n) is 12.1. The van der Waals surface area contributed by atoms with E-state index in [0.717, 1.165) is 30.4 Å². The highest BCUT2D eigenvalue weighted by molar-refractivity contribution is 6.00. The zero-order chi connectivity index (χ0) is 31.4. The Morgan fingerprint density at radius 2 is 1.84 bits per heavy atom.